The molecule has 0 spiro atoms. The quantitative estimate of drug-likeness (QED) is 0.700. The third kappa shape index (κ3) is 3.99. The summed E-state index contributed by atoms with van der Waals surface area (Å²) in [5, 5.41) is 12.1. The van der Waals surface area contributed by atoms with Crippen molar-refractivity contribution in [3.63, 3.8) is 0 Å². The standard InChI is InChI=1S/C11H21N5O2/c1-4-12-9-13-10(16(5-2)7-8-17)15-11(14-9)18-6-3/h17H,4-8H2,1-3H3,(H,12,13,14,15). The lowest BCUT2D eigenvalue weighted by atomic mass is 10.5. The molecule has 0 unspecified atom stereocenters. The number of nitrogens with one attached hydrogen (secondary N) is 1. The molecule has 0 fully saturated rings. The first-order chi connectivity index (χ1) is 8.74. The predicted octanol–water partition coefficient (Wildman–Crippen LogP) is 0.521. The van der Waals surface area contributed by atoms with E-state index in [0.29, 0.717) is 37.6 Å². The number of hydrogen-bond donors (Lipinski definition) is 2. The Hall–Kier alpha value is -1.63. The van der Waals surface area contributed by atoms with Crippen molar-refractivity contribution in [2.45, 2.75) is 20.8 Å². The number of rotatable bonds is 8. The minimum Gasteiger partial charge on any atom is -0.464 e. The van der Waals surface area contributed by atoms with Gasteiger partial charge < -0.3 is 20.1 Å². The van der Waals surface area contributed by atoms with Crippen LogP contribution < -0.4 is 15.0 Å². The minimum atomic E-state index is 0.0556. The Morgan fingerprint density at radius 2 is 2.00 bits per heavy atom. The average Bonchev–Trinajstić information content (AvgIpc) is 2.36. The van der Waals surface area contributed by atoms with E-state index in [1.807, 2.05) is 25.7 Å². The SMILES string of the molecule is CCNc1nc(OCC)nc(N(CC)CCO)n1. The van der Waals surface area contributed by atoms with E-state index >= 15 is 0 Å². The first kappa shape index (κ1) is 14.4. The topological polar surface area (TPSA) is 83.4 Å². The van der Waals surface area contributed by atoms with Crippen molar-refractivity contribution < 1.29 is 9.84 Å². The summed E-state index contributed by atoms with van der Waals surface area (Å²) in [4.78, 5) is 14.5. The van der Waals surface area contributed by atoms with Gasteiger partial charge in [-0.1, -0.05) is 0 Å². The summed E-state index contributed by atoms with van der Waals surface area (Å²) < 4.78 is 5.31. The predicted molar refractivity (Wildman–Crippen MR) is 70.1 cm³/mol. The maximum absolute atomic E-state index is 9.01. The molecule has 0 radical (unpaired) electrons. The third-order valence-corrected chi connectivity index (χ3v) is 2.25. The second-order valence-corrected chi connectivity index (χ2v) is 3.51. The van der Waals surface area contributed by atoms with E-state index in [4.69, 9.17) is 9.84 Å². The molecule has 102 valence electrons. The Bertz CT molecular complexity index is 337. The van der Waals surface area contributed by atoms with E-state index in [1.54, 1.807) is 0 Å². The monoisotopic (exact) mass is 255 g/mol. The van der Waals surface area contributed by atoms with E-state index in [9.17, 15) is 0 Å². The van der Waals surface area contributed by atoms with Crippen LogP contribution in [-0.2, 0) is 0 Å². The number of aromatic nitrogens is 3. The number of likely N-dealkylation sites (N-methyl/N-ethyl adjacent to an activating group) is 1. The molecule has 1 rings (SSSR count). The molecule has 18 heavy (non-hydrogen) atoms. The van der Waals surface area contributed by atoms with Crippen molar-refractivity contribution >= 4 is 11.9 Å². The lowest BCUT2D eigenvalue weighted by molar-refractivity contribution is 0.299. The van der Waals surface area contributed by atoms with Crippen LogP contribution in [0.1, 0.15) is 20.8 Å². The van der Waals surface area contributed by atoms with Gasteiger partial charge in [0.25, 0.3) is 0 Å². The van der Waals surface area contributed by atoms with Crippen molar-refractivity contribution in [3.05, 3.63) is 0 Å². The smallest absolute Gasteiger partial charge is 0.323 e. The fraction of sp³-hybridized carbons (Fsp3) is 0.727. The lowest BCUT2D eigenvalue weighted by Gasteiger charge is -2.20. The van der Waals surface area contributed by atoms with Crippen LogP contribution in [0.5, 0.6) is 6.01 Å². The molecule has 0 bridgehead atoms. The van der Waals surface area contributed by atoms with E-state index in [-0.39, 0.29) is 6.61 Å². The van der Waals surface area contributed by atoms with Gasteiger partial charge in [-0.15, -0.1) is 0 Å². The summed E-state index contributed by atoms with van der Waals surface area (Å²) in [7, 11) is 0. The van der Waals surface area contributed by atoms with Gasteiger partial charge in [-0.3, -0.25) is 0 Å². The molecule has 0 saturated carbocycles. The number of nitrogens with zero attached hydrogens (tertiary/aromatic N) is 4. The summed E-state index contributed by atoms with van der Waals surface area (Å²) >= 11 is 0. The zero-order valence-corrected chi connectivity index (χ0v) is 11.2. The number of aliphatic hydroxyl groups is 1. The third-order valence-electron chi connectivity index (χ3n) is 2.25. The van der Waals surface area contributed by atoms with E-state index in [2.05, 4.69) is 20.3 Å². The van der Waals surface area contributed by atoms with Crippen molar-refractivity contribution in [2.24, 2.45) is 0 Å². The zero-order valence-electron chi connectivity index (χ0n) is 11.2. The number of ether oxygens (including phenoxy) is 1. The fourth-order valence-electron chi connectivity index (χ4n) is 1.44. The molecule has 7 heteroatoms. The van der Waals surface area contributed by atoms with Gasteiger partial charge in [0.05, 0.1) is 13.2 Å². The molecule has 0 aliphatic rings. The molecular formula is C11H21N5O2. The van der Waals surface area contributed by atoms with E-state index in [0.717, 1.165) is 6.54 Å². The van der Waals surface area contributed by atoms with Crippen molar-refractivity contribution in [1.29, 1.82) is 0 Å². The normalized spacial score (nSPS) is 10.2. The van der Waals surface area contributed by atoms with Crippen LogP contribution in [0, 0.1) is 0 Å². The Balaban J connectivity index is 2.99. The molecule has 0 amide bonds. The molecule has 0 saturated heterocycles. The maximum Gasteiger partial charge on any atom is 0.323 e. The molecule has 1 aromatic heterocycles. The van der Waals surface area contributed by atoms with Gasteiger partial charge in [0.15, 0.2) is 0 Å². The summed E-state index contributed by atoms with van der Waals surface area (Å²) in [6.07, 6.45) is 0. The highest BCUT2D eigenvalue weighted by Crippen LogP contribution is 2.14. The van der Waals surface area contributed by atoms with Gasteiger partial charge in [-0.05, 0) is 20.8 Å². The Morgan fingerprint density at radius 1 is 1.22 bits per heavy atom. The van der Waals surface area contributed by atoms with Crippen molar-refractivity contribution in [1.82, 2.24) is 15.0 Å². The molecule has 0 atom stereocenters. The number of hydrogen-bond acceptors (Lipinski definition) is 7. The van der Waals surface area contributed by atoms with Gasteiger partial charge in [0.1, 0.15) is 0 Å². The average molecular weight is 255 g/mol. The molecule has 0 aliphatic carbocycles. The summed E-state index contributed by atoms with van der Waals surface area (Å²) in [5.41, 5.74) is 0. The highest BCUT2D eigenvalue weighted by Gasteiger charge is 2.12. The van der Waals surface area contributed by atoms with Crippen LogP contribution in [0.2, 0.25) is 0 Å². The van der Waals surface area contributed by atoms with Crippen molar-refractivity contribution in [2.75, 3.05) is 43.1 Å². The van der Waals surface area contributed by atoms with Crippen LogP contribution in [-0.4, -0.2) is 52.9 Å². The molecule has 1 heterocycles. The van der Waals surface area contributed by atoms with Gasteiger partial charge in [-0.25, -0.2) is 0 Å². The largest absolute Gasteiger partial charge is 0.464 e. The Kier molecular flexibility index (Phi) is 6.13. The van der Waals surface area contributed by atoms with Gasteiger partial charge in [0, 0.05) is 19.6 Å². The first-order valence-electron chi connectivity index (χ1n) is 6.23. The molecular weight excluding hydrogens is 234 g/mol. The highest BCUT2D eigenvalue weighted by molar-refractivity contribution is 5.38. The zero-order chi connectivity index (χ0) is 13.4. The molecule has 1 aromatic rings. The van der Waals surface area contributed by atoms with Crippen LogP contribution >= 0.6 is 0 Å². The van der Waals surface area contributed by atoms with E-state index < -0.39 is 0 Å². The maximum atomic E-state index is 9.01. The Morgan fingerprint density at radius 3 is 2.56 bits per heavy atom. The molecule has 2 N–H and O–H groups in total. The Labute approximate surface area is 107 Å². The minimum absolute atomic E-state index is 0.0556. The molecule has 0 aliphatic heterocycles. The summed E-state index contributed by atoms with van der Waals surface area (Å²) in [5.74, 6) is 1.00. The lowest BCUT2D eigenvalue weighted by Crippen LogP contribution is -2.28. The first-order valence-corrected chi connectivity index (χ1v) is 6.23. The fourth-order valence-corrected chi connectivity index (χ4v) is 1.44. The second kappa shape index (κ2) is 7.65. The summed E-state index contributed by atoms with van der Waals surface area (Å²) in [6, 6.07) is 0.301. The van der Waals surface area contributed by atoms with Crippen molar-refractivity contribution in [3.8, 4) is 6.01 Å². The molecule has 7 nitrogen and oxygen atoms in total. The van der Waals surface area contributed by atoms with Gasteiger partial charge in [0.2, 0.25) is 11.9 Å². The van der Waals surface area contributed by atoms with Gasteiger partial charge in [-0.2, -0.15) is 15.0 Å². The highest BCUT2D eigenvalue weighted by atomic mass is 16.5. The van der Waals surface area contributed by atoms with Crippen LogP contribution in [0.3, 0.4) is 0 Å². The summed E-state index contributed by atoms with van der Waals surface area (Å²) in [6.45, 7) is 8.30. The van der Waals surface area contributed by atoms with Gasteiger partial charge >= 0.3 is 6.01 Å². The van der Waals surface area contributed by atoms with Crippen LogP contribution in [0.25, 0.3) is 0 Å². The van der Waals surface area contributed by atoms with Crippen LogP contribution in [0.15, 0.2) is 0 Å². The second-order valence-electron chi connectivity index (χ2n) is 3.51. The molecule has 0 aromatic carbocycles. The number of anilines is 2. The number of aliphatic hydroxyl groups excluding tert-OH is 1. The van der Waals surface area contributed by atoms with E-state index in [1.165, 1.54) is 0 Å². The van der Waals surface area contributed by atoms with Crippen LogP contribution in [0.4, 0.5) is 11.9 Å².